The van der Waals surface area contributed by atoms with Crippen molar-refractivity contribution in [2.45, 2.75) is 52.4 Å². The number of unbranched alkanes of at least 4 members (excludes halogenated alkanes) is 4. The predicted molar refractivity (Wildman–Crippen MR) is 82.0 cm³/mol. The fraction of sp³-hybridized carbons (Fsp3) is 0.933. The Labute approximate surface area is 114 Å². The largest absolute Gasteiger partial charge is 0.311 e. The molecule has 0 spiro atoms. The van der Waals surface area contributed by atoms with E-state index < -0.39 is 0 Å². The van der Waals surface area contributed by atoms with Crippen LogP contribution in [0.5, 0.6) is 0 Å². The average Bonchev–Trinajstić information content (AvgIpc) is 2.28. The minimum absolute atomic E-state index is 0.814. The first-order valence-corrected chi connectivity index (χ1v) is 7.51. The summed E-state index contributed by atoms with van der Waals surface area (Å²) in [7, 11) is 8.53. The Hall–Kier alpha value is -0.570. The number of hydrogen-bond acceptors (Lipinski definition) is 1. The van der Waals surface area contributed by atoms with Crippen LogP contribution < -0.4 is 0 Å². The summed E-state index contributed by atoms with van der Waals surface area (Å²) in [6, 6.07) is 0. The molecular weight excluding hydrogens is 222 g/mol. The number of guanidine groups is 1. The number of rotatable bonds is 8. The lowest BCUT2D eigenvalue weighted by molar-refractivity contribution is -0.783. The van der Waals surface area contributed by atoms with Crippen molar-refractivity contribution < 1.29 is 4.48 Å². The molecule has 0 saturated heterocycles. The van der Waals surface area contributed by atoms with Crippen molar-refractivity contribution in [3.05, 3.63) is 0 Å². The second kappa shape index (κ2) is 9.37. The minimum Gasteiger partial charge on any atom is -0.311 e. The Bertz CT molecular complexity index is 218. The van der Waals surface area contributed by atoms with Crippen molar-refractivity contribution in [1.29, 1.82) is 0 Å². The molecule has 0 aromatic heterocycles. The minimum atomic E-state index is 0.814. The van der Waals surface area contributed by atoms with Crippen LogP contribution in [0.1, 0.15) is 52.4 Å². The summed E-state index contributed by atoms with van der Waals surface area (Å²) in [5.41, 5.74) is 0. The van der Waals surface area contributed by atoms with E-state index in [4.69, 9.17) is 0 Å². The van der Waals surface area contributed by atoms with Crippen LogP contribution in [0.2, 0.25) is 0 Å². The smallest absolute Gasteiger partial charge is 0.299 e. The molecule has 0 aromatic carbocycles. The summed E-state index contributed by atoms with van der Waals surface area (Å²) in [6.07, 6.45) is 7.76. The topological polar surface area (TPSA) is 15.6 Å². The molecule has 0 heterocycles. The van der Waals surface area contributed by atoms with Crippen molar-refractivity contribution in [3.8, 4) is 0 Å². The highest BCUT2D eigenvalue weighted by Crippen LogP contribution is 2.08. The van der Waals surface area contributed by atoms with Crippen molar-refractivity contribution in [2.24, 2.45) is 4.99 Å². The van der Waals surface area contributed by atoms with Gasteiger partial charge in [0, 0.05) is 20.1 Å². The zero-order chi connectivity index (χ0) is 14.0. The number of nitrogens with zero attached hydrogens (tertiary/aromatic N) is 3. The molecule has 18 heavy (non-hydrogen) atoms. The van der Waals surface area contributed by atoms with E-state index in [9.17, 15) is 0 Å². The summed E-state index contributed by atoms with van der Waals surface area (Å²) in [5, 5.41) is 0. The SMILES string of the molecule is CCCCCN(CCCCC)C(=NC)[N+](C)(C)C. The molecule has 0 fully saturated rings. The summed E-state index contributed by atoms with van der Waals surface area (Å²) in [4.78, 5) is 7.02. The molecule has 0 bridgehead atoms. The van der Waals surface area contributed by atoms with Gasteiger partial charge in [-0.05, 0) is 12.8 Å². The van der Waals surface area contributed by atoms with E-state index in [0.717, 1.165) is 17.6 Å². The molecule has 0 atom stereocenters. The molecule has 0 saturated carbocycles. The maximum atomic E-state index is 4.53. The van der Waals surface area contributed by atoms with Crippen LogP contribution in [0.15, 0.2) is 4.99 Å². The van der Waals surface area contributed by atoms with Gasteiger partial charge in [0.05, 0.1) is 21.1 Å². The second-order valence-corrected chi connectivity index (χ2v) is 5.94. The fourth-order valence-corrected chi connectivity index (χ4v) is 2.28. The standard InChI is InChI=1S/C15H34N3/c1-7-9-11-13-17(14-12-10-8-2)15(16-3)18(4,5)6/h7-14H2,1-6H3/q+1. The van der Waals surface area contributed by atoms with Gasteiger partial charge < -0.3 is 4.90 Å². The van der Waals surface area contributed by atoms with Gasteiger partial charge >= 0.3 is 0 Å². The van der Waals surface area contributed by atoms with Gasteiger partial charge in [0.2, 0.25) is 0 Å². The van der Waals surface area contributed by atoms with E-state index in [0.29, 0.717) is 0 Å². The maximum Gasteiger partial charge on any atom is 0.299 e. The van der Waals surface area contributed by atoms with E-state index in [1.54, 1.807) is 0 Å². The normalized spacial score (nSPS) is 12.9. The van der Waals surface area contributed by atoms with Crippen molar-refractivity contribution >= 4 is 5.96 Å². The van der Waals surface area contributed by atoms with Gasteiger partial charge in [0.1, 0.15) is 0 Å². The molecule has 0 radical (unpaired) electrons. The molecule has 3 heteroatoms. The highest BCUT2D eigenvalue weighted by molar-refractivity contribution is 5.72. The lowest BCUT2D eigenvalue weighted by atomic mass is 10.2. The highest BCUT2D eigenvalue weighted by atomic mass is 15.5. The first-order valence-electron chi connectivity index (χ1n) is 7.51. The fourth-order valence-electron chi connectivity index (χ4n) is 2.28. The van der Waals surface area contributed by atoms with Crippen LogP contribution in [-0.2, 0) is 0 Å². The molecular formula is C15H34N3+. The second-order valence-electron chi connectivity index (χ2n) is 5.94. The Morgan fingerprint density at radius 1 is 0.889 bits per heavy atom. The number of hydrogen-bond donors (Lipinski definition) is 0. The Kier molecular flexibility index (Phi) is 9.08. The van der Waals surface area contributed by atoms with E-state index >= 15 is 0 Å². The zero-order valence-electron chi connectivity index (χ0n) is 13.5. The number of quaternary nitrogens is 1. The van der Waals surface area contributed by atoms with Gasteiger partial charge in [0.15, 0.2) is 0 Å². The molecule has 0 unspecified atom stereocenters. The molecule has 0 rings (SSSR count). The molecule has 0 aliphatic heterocycles. The molecule has 0 aromatic rings. The Morgan fingerprint density at radius 2 is 1.33 bits per heavy atom. The summed E-state index contributed by atoms with van der Waals surface area (Å²) < 4.78 is 0.814. The van der Waals surface area contributed by atoms with E-state index in [2.05, 4.69) is 44.9 Å². The Balaban J connectivity index is 4.51. The van der Waals surface area contributed by atoms with Crippen LogP contribution in [0.3, 0.4) is 0 Å². The quantitative estimate of drug-likeness (QED) is 0.281. The van der Waals surface area contributed by atoms with Gasteiger partial charge in [-0.2, -0.15) is 0 Å². The predicted octanol–water partition coefficient (Wildman–Crippen LogP) is 3.36. The van der Waals surface area contributed by atoms with Crippen molar-refractivity contribution in [1.82, 2.24) is 4.90 Å². The summed E-state index contributed by atoms with van der Waals surface area (Å²) >= 11 is 0. The van der Waals surface area contributed by atoms with Gasteiger partial charge in [-0.3, -0.25) is 4.48 Å². The van der Waals surface area contributed by atoms with Crippen LogP contribution in [0.25, 0.3) is 0 Å². The molecule has 0 amide bonds. The monoisotopic (exact) mass is 256 g/mol. The van der Waals surface area contributed by atoms with Crippen molar-refractivity contribution in [2.75, 3.05) is 41.3 Å². The maximum absolute atomic E-state index is 4.53. The van der Waals surface area contributed by atoms with E-state index in [1.165, 1.54) is 44.5 Å². The third-order valence-corrected chi connectivity index (χ3v) is 3.15. The zero-order valence-corrected chi connectivity index (χ0v) is 13.5. The number of aliphatic imine (C=N–C) groups is 1. The molecule has 0 N–H and O–H groups in total. The molecule has 108 valence electrons. The third-order valence-electron chi connectivity index (χ3n) is 3.15. The van der Waals surface area contributed by atoms with Gasteiger partial charge in [-0.25, -0.2) is 4.99 Å². The van der Waals surface area contributed by atoms with E-state index in [-0.39, 0.29) is 0 Å². The van der Waals surface area contributed by atoms with Gasteiger partial charge in [-0.1, -0.05) is 39.5 Å². The average molecular weight is 256 g/mol. The van der Waals surface area contributed by atoms with Crippen molar-refractivity contribution in [3.63, 3.8) is 0 Å². The first-order chi connectivity index (χ1) is 8.47. The van der Waals surface area contributed by atoms with Gasteiger partial charge in [-0.15, -0.1) is 0 Å². The van der Waals surface area contributed by atoms with E-state index in [1.807, 2.05) is 7.05 Å². The third kappa shape index (κ3) is 7.00. The van der Waals surface area contributed by atoms with Crippen LogP contribution in [-0.4, -0.2) is 56.6 Å². The molecule has 0 aliphatic rings. The van der Waals surface area contributed by atoms with Crippen LogP contribution >= 0.6 is 0 Å². The summed E-state index contributed by atoms with van der Waals surface area (Å²) in [6.45, 7) is 6.83. The Morgan fingerprint density at radius 3 is 1.61 bits per heavy atom. The summed E-state index contributed by atoms with van der Waals surface area (Å²) in [5.74, 6) is 1.21. The molecule has 3 nitrogen and oxygen atoms in total. The lowest BCUT2D eigenvalue weighted by Gasteiger charge is -2.33. The lowest BCUT2D eigenvalue weighted by Crippen LogP contribution is -2.52. The highest BCUT2D eigenvalue weighted by Gasteiger charge is 2.24. The van der Waals surface area contributed by atoms with Crippen LogP contribution in [0.4, 0.5) is 0 Å². The first kappa shape index (κ1) is 17.4. The van der Waals surface area contributed by atoms with Crippen LogP contribution in [0, 0.1) is 0 Å². The molecule has 0 aliphatic carbocycles. The van der Waals surface area contributed by atoms with Gasteiger partial charge in [0.25, 0.3) is 5.96 Å².